The Morgan fingerprint density at radius 2 is 1.94 bits per heavy atom. The molecular weight excluding hydrogens is 198 g/mol. The summed E-state index contributed by atoms with van der Waals surface area (Å²) in [6.07, 6.45) is 5.63. The molecule has 0 radical (unpaired) electrons. The number of nitrogens with zero attached hydrogens (tertiary/aromatic N) is 2. The van der Waals surface area contributed by atoms with Crippen LogP contribution >= 0.6 is 0 Å². The van der Waals surface area contributed by atoms with Crippen molar-refractivity contribution in [2.24, 2.45) is 0 Å². The molecular formula is C13H25N3. The van der Waals surface area contributed by atoms with Crippen LogP contribution < -0.4 is 5.32 Å². The minimum absolute atomic E-state index is 0.763. The van der Waals surface area contributed by atoms with Crippen LogP contribution in [0, 0.1) is 0 Å². The smallest absolute Gasteiger partial charge is 0.0225 e. The monoisotopic (exact) mass is 223 g/mol. The van der Waals surface area contributed by atoms with E-state index in [0.717, 1.165) is 18.1 Å². The lowest BCUT2D eigenvalue weighted by atomic mass is 10.00. The molecule has 92 valence electrons. The zero-order valence-corrected chi connectivity index (χ0v) is 10.5. The van der Waals surface area contributed by atoms with Gasteiger partial charge in [0.25, 0.3) is 0 Å². The number of hydrogen-bond donors (Lipinski definition) is 1. The van der Waals surface area contributed by atoms with Gasteiger partial charge in [0, 0.05) is 37.8 Å². The summed E-state index contributed by atoms with van der Waals surface area (Å²) in [7, 11) is 0. The molecule has 0 saturated carbocycles. The summed E-state index contributed by atoms with van der Waals surface area (Å²) >= 11 is 0. The van der Waals surface area contributed by atoms with Crippen molar-refractivity contribution in [1.82, 2.24) is 15.1 Å². The second kappa shape index (κ2) is 4.63. The van der Waals surface area contributed by atoms with E-state index in [1.165, 1.54) is 58.4 Å². The normalized spacial score (nSPS) is 42.2. The highest BCUT2D eigenvalue weighted by molar-refractivity contribution is 4.94. The van der Waals surface area contributed by atoms with Crippen LogP contribution in [0.15, 0.2) is 0 Å². The Morgan fingerprint density at radius 3 is 2.75 bits per heavy atom. The van der Waals surface area contributed by atoms with E-state index >= 15 is 0 Å². The third-order valence-electron chi connectivity index (χ3n) is 4.73. The van der Waals surface area contributed by atoms with E-state index in [-0.39, 0.29) is 0 Å². The number of rotatable bonds is 1. The van der Waals surface area contributed by atoms with Gasteiger partial charge in [0.2, 0.25) is 0 Å². The van der Waals surface area contributed by atoms with Crippen LogP contribution in [-0.2, 0) is 0 Å². The summed E-state index contributed by atoms with van der Waals surface area (Å²) in [5.74, 6) is 0. The maximum atomic E-state index is 3.56. The highest BCUT2D eigenvalue weighted by atomic mass is 15.3. The average Bonchev–Trinajstić information content (AvgIpc) is 2.76. The molecule has 0 spiro atoms. The van der Waals surface area contributed by atoms with E-state index in [1.807, 2.05) is 0 Å². The lowest BCUT2D eigenvalue weighted by Crippen LogP contribution is -2.60. The van der Waals surface area contributed by atoms with Gasteiger partial charge in [-0.25, -0.2) is 0 Å². The summed E-state index contributed by atoms with van der Waals surface area (Å²) in [5, 5.41) is 3.56. The fourth-order valence-electron chi connectivity index (χ4n) is 3.84. The van der Waals surface area contributed by atoms with E-state index in [9.17, 15) is 0 Å². The third-order valence-corrected chi connectivity index (χ3v) is 4.73. The Labute approximate surface area is 99.2 Å². The van der Waals surface area contributed by atoms with E-state index in [1.54, 1.807) is 0 Å². The first kappa shape index (κ1) is 11.0. The number of nitrogens with one attached hydrogen (secondary N) is 1. The van der Waals surface area contributed by atoms with Gasteiger partial charge in [-0.3, -0.25) is 9.80 Å². The molecule has 0 aromatic rings. The molecule has 3 saturated heterocycles. The van der Waals surface area contributed by atoms with Gasteiger partial charge >= 0.3 is 0 Å². The van der Waals surface area contributed by atoms with Crippen LogP contribution in [0.2, 0.25) is 0 Å². The van der Waals surface area contributed by atoms with Crippen molar-refractivity contribution in [3.05, 3.63) is 0 Å². The minimum Gasteiger partial charge on any atom is -0.315 e. The molecule has 3 unspecified atom stereocenters. The maximum Gasteiger partial charge on any atom is 0.0225 e. The van der Waals surface area contributed by atoms with Crippen molar-refractivity contribution in [3.8, 4) is 0 Å². The molecule has 3 heteroatoms. The van der Waals surface area contributed by atoms with Crippen molar-refractivity contribution in [1.29, 1.82) is 0 Å². The first-order valence-corrected chi connectivity index (χ1v) is 7.05. The molecule has 0 aliphatic carbocycles. The number of hydrogen-bond acceptors (Lipinski definition) is 3. The Balaban J connectivity index is 1.65. The third kappa shape index (κ3) is 2.01. The predicted octanol–water partition coefficient (Wildman–Crippen LogP) is 0.907. The molecule has 3 fully saturated rings. The van der Waals surface area contributed by atoms with Gasteiger partial charge < -0.3 is 5.32 Å². The number of fused-ring (bicyclic) bond motifs is 1. The van der Waals surface area contributed by atoms with Crippen molar-refractivity contribution in [2.45, 2.75) is 50.7 Å². The molecule has 0 amide bonds. The standard InChI is InChI=1S/C13H25N3/c1-11-9-15-7-3-5-13(15)10-16(11)12-4-2-6-14-8-12/h11-14H,2-10H2,1H3. The topological polar surface area (TPSA) is 18.5 Å². The van der Waals surface area contributed by atoms with Gasteiger partial charge in [-0.1, -0.05) is 0 Å². The molecule has 0 aromatic heterocycles. The summed E-state index contributed by atoms with van der Waals surface area (Å²) in [6.45, 7) is 8.86. The molecule has 3 atom stereocenters. The molecule has 3 rings (SSSR count). The largest absolute Gasteiger partial charge is 0.315 e. The van der Waals surface area contributed by atoms with Crippen LogP contribution in [0.3, 0.4) is 0 Å². The zero-order chi connectivity index (χ0) is 11.0. The lowest BCUT2D eigenvalue weighted by molar-refractivity contribution is 0.0204. The Kier molecular flexibility index (Phi) is 3.18. The number of piperidine rings is 1. The van der Waals surface area contributed by atoms with Crippen molar-refractivity contribution >= 4 is 0 Å². The SMILES string of the molecule is CC1CN2CCCC2CN1C1CCCNC1. The van der Waals surface area contributed by atoms with E-state index < -0.39 is 0 Å². The van der Waals surface area contributed by atoms with Gasteiger partial charge in [-0.05, 0) is 45.7 Å². The Morgan fingerprint density at radius 1 is 1.06 bits per heavy atom. The molecule has 0 aromatic carbocycles. The summed E-state index contributed by atoms with van der Waals surface area (Å²) in [5.41, 5.74) is 0. The second-order valence-corrected chi connectivity index (χ2v) is 5.84. The average molecular weight is 223 g/mol. The molecule has 3 heterocycles. The fraction of sp³-hybridized carbons (Fsp3) is 1.00. The summed E-state index contributed by atoms with van der Waals surface area (Å²) < 4.78 is 0. The van der Waals surface area contributed by atoms with E-state index in [0.29, 0.717) is 0 Å². The fourth-order valence-corrected chi connectivity index (χ4v) is 3.84. The highest BCUT2D eigenvalue weighted by Crippen LogP contribution is 2.27. The van der Waals surface area contributed by atoms with Gasteiger partial charge in [-0.2, -0.15) is 0 Å². The highest BCUT2D eigenvalue weighted by Gasteiger charge is 2.37. The van der Waals surface area contributed by atoms with Crippen molar-refractivity contribution < 1.29 is 0 Å². The summed E-state index contributed by atoms with van der Waals surface area (Å²) in [6, 6.07) is 2.45. The van der Waals surface area contributed by atoms with Crippen LogP contribution in [0.25, 0.3) is 0 Å². The maximum absolute atomic E-state index is 3.56. The molecule has 16 heavy (non-hydrogen) atoms. The van der Waals surface area contributed by atoms with Crippen LogP contribution in [0.4, 0.5) is 0 Å². The molecule has 3 nitrogen and oxygen atoms in total. The minimum atomic E-state index is 0.763. The molecule has 3 aliphatic heterocycles. The summed E-state index contributed by atoms with van der Waals surface area (Å²) in [4.78, 5) is 5.51. The van der Waals surface area contributed by atoms with E-state index in [4.69, 9.17) is 0 Å². The molecule has 0 bridgehead atoms. The van der Waals surface area contributed by atoms with Gasteiger partial charge in [-0.15, -0.1) is 0 Å². The molecule has 1 N–H and O–H groups in total. The van der Waals surface area contributed by atoms with Gasteiger partial charge in [0.1, 0.15) is 0 Å². The Bertz CT molecular complexity index is 237. The van der Waals surface area contributed by atoms with Gasteiger partial charge in [0.05, 0.1) is 0 Å². The first-order chi connectivity index (χ1) is 7.84. The zero-order valence-electron chi connectivity index (χ0n) is 10.5. The van der Waals surface area contributed by atoms with Crippen molar-refractivity contribution in [3.63, 3.8) is 0 Å². The van der Waals surface area contributed by atoms with Crippen molar-refractivity contribution in [2.75, 3.05) is 32.7 Å². The molecule has 3 aliphatic rings. The number of piperazine rings is 1. The quantitative estimate of drug-likeness (QED) is 0.713. The van der Waals surface area contributed by atoms with Gasteiger partial charge in [0.15, 0.2) is 0 Å². The lowest BCUT2D eigenvalue weighted by Gasteiger charge is -2.47. The van der Waals surface area contributed by atoms with Crippen LogP contribution in [0.5, 0.6) is 0 Å². The predicted molar refractivity (Wildman–Crippen MR) is 66.7 cm³/mol. The van der Waals surface area contributed by atoms with Crippen LogP contribution in [-0.4, -0.2) is 60.6 Å². The van der Waals surface area contributed by atoms with E-state index in [2.05, 4.69) is 22.0 Å². The Hall–Kier alpha value is -0.120. The second-order valence-electron chi connectivity index (χ2n) is 5.84. The van der Waals surface area contributed by atoms with Crippen LogP contribution in [0.1, 0.15) is 32.6 Å². The first-order valence-electron chi connectivity index (χ1n) is 7.05.